The lowest BCUT2D eigenvalue weighted by atomic mass is 10.0. The van der Waals surface area contributed by atoms with Gasteiger partial charge in [0, 0.05) is 19.3 Å². The molecule has 0 amide bonds. The maximum Gasteiger partial charge on any atom is 0.472 e. The van der Waals surface area contributed by atoms with Crippen molar-refractivity contribution in [1.82, 2.24) is 0 Å². The number of rotatable bonds is 93. The summed E-state index contributed by atoms with van der Waals surface area (Å²) >= 11 is 0. The Balaban J connectivity index is 4.44. The molecule has 123 heavy (non-hydrogen) atoms. The molecule has 0 saturated carbocycles. The third-order valence-electron chi connectivity index (χ3n) is 20.9. The maximum absolute atomic E-state index is 13.1. The second kappa shape index (κ2) is 96.0. The van der Waals surface area contributed by atoms with E-state index in [0.29, 0.717) is 19.3 Å². The smallest absolute Gasteiger partial charge is 0.463 e. The Labute approximate surface area is 752 Å². The second-order valence-corrected chi connectivity index (χ2v) is 35.7. The van der Waals surface area contributed by atoms with Gasteiger partial charge in [-0.25, -0.2) is 9.13 Å². The number of hydrogen-bond acceptors (Lipinski definition) is 14. The fraction of sp³-hybridized carbons (Fsp3) is 0.705. The average Bonchev–Trinajstić information content (AvgIpc) is 0.897. The van der Waals surface area contributed by atoms with E-state index in [-0.39, 0.29) is 19.3 Å². The summed E-state index contributed by atoms with van der Waals surface area (Å²) < 4.78 is 61.5. The number of aliphatic hydroxyl groups excluding tert-OH is 2. The van der Waals surface area contributed by atoms with Gasteiger partial charge in [-0.05, 0) is 148 Å². The summed E-state index contributed by atoms with van der Waals surface area (Å²) in [5.41, 5.74) is 0. The highest BCUT2D eigenvalue weighted by molar-refractivity contribution is 7.47. The molecule has 5 unspecified atom stereocenters. The van der Waals surface area contributed by atoms with Gasteiger partial charge >= 0.3 is 33.6 Å². The highest BCUT2D eigenvalue weighted by atomic mass is 31.2. The molecular weight excluding hydrogens is 1580 g/mol. The van der Waals surface area contributed by atoms with Crippen molar-refractivity contribution >= 4 is 33.6 Å². The fourth-order valence-corrected chi connectivity index (χ4v) is 15.1. The summed E-state index contributed by atoms with van der Waals surface area (Å²) in [4.78, 5) is 59.0. The number of hydrogen-bond donors (Lipinski definition) is 4. The monoisotopic (exact) mass is 1760 g/mol. The molecule has 0 radical (unpaired) electrons. The standard InChI is InChI=1S/C105H180O16P2/c1-4-7-10-13-16-19-22-25-28-31-33-35-37-39-41-43-45-47-49-51-53-55-57-59-61-63-65-68-70-73-76-79-82-85-88-91-103(108)115-94-100(106)95-117-122(111,112)118-96-101(107)97-119-123(113,114)120-99-102(121-105(110)93-90-87-84-81-78-75-72-67-30-27-24-21-18-15-12-9-6-3)98-116-104(109)92-89-86-83-80-77-74-71-69-66-64-62-60-58-56-54-52-50-48-46-44-42-40-38-36-34-32-29-26-23-20-17-14-11-8-5-2/h7-12,16-21,25-30,33-36,39-42,72,75,100-102,106-107H,4-6,13-15,22-24,31-32,37-38,43-71,73-74,76-99H2,1-3H3,(H,111,112)(H,113,114)/b10-7-,11-8-,12-9-,19-16-,20-17-,21-18-,28-25-,29-26-,30-27-,35-33-,36-34-,41-39-,42-40-,75-72-. The Morgan fingerprint density at radius 3 is 0.642 bits per heavy atom. The van der Waals surface area contributed by atoms with Gasteiger partial charge in [0.05, 0.1) is 26.4 Å². The number of phosphoric ester groups is 2. The first-order chi connectivity index (χ1) is 60.2. The van der Waals surface area contributed by atoms with Crippen LogP contribution < -0.4 is 0 Å². The number of allylic oxidation sites excluding steroid dienone is 28. The van der Waals surface area contributed by atoms with Crippen molar-refractivity contribution in [3.8, 4) is 0 Å². The summed E-state index contributed by atoms with van der Waals surface area (Å²) in [6, 6.07) is 0. The molecule has 0 aliphatic carbocycles. The fourth-order valence-electron chi connectivity index (χ4n) is 13.6. The highest BCUT2D eigenvalue weighted by Gasteiger charge is 2.30. The lowest BCUT2D eigenvalue weighted by Gasteiger charge is -2.21. The average molecular weight is 1760 g/mol. The number of esters is 3. The van der Waals surface area contributed by atoms with E-state index in [4.69, 9.17) is 32.3 Å². The van der Waals surface area contributed by atoms with E-state index in [1.165, 1.54) is 205 Å². The molecule has 0 aliphatic rings. The topological polar surface area (TPSA) is 231 Å². The zero-order valence-corrected chi connectivity index (χ0v) is 79.9. The van der Waals surface area contributed by atoms with Crippen LogP contribution in [0.25, 0.3) is 0 Å². The Kier molecular flexibility index (Phi) is 92.0. The quantitative estimate of drug-likeness (QED) is 0.0146. The van der Waals surface area contributed by atoms with Gasteiger partial charge in [-0.3, -0.25) is 32.5 Å². The van der Waals surface area contributed by atoms with Gasteiger partial charge in [-0.2, -0.15) is 0 Å². The van der Waals surface area contributed by atoms with Crippen molar-refractivity contribution in [2.75, 3.05) is 39.6 Å². The molecule has 0 aromatic heterocycles. The van der Waals surface area contributed by atoms with Crippen molar-refractivity contribution in [3.63, 3.8) is 0 Å². The Morgan fingerprint density at radius 1 is 0.228 bits per heavy atom. The predicted molar refractivity (Wildman–Crippen MR) is 519 cm³/mol. The van der Waals surface area contributed by atoms with E-state index in [0.717, 1.165) is 154 Å². The van der Waals surface area contributed by atoms with Gasteiger partial charge < -0.3 is 34.2 Å². The molecule has 0 fully saturated rings. The van der Waals surface area contributed by atoms with Crippen molar-refractivity contribution in [2.45, 2.75) is 437 Å². The minimum absolute atomic E-state index is 0.0752. The first kappa shape index (κ1) is 118. The van der Waals surface area contributed by atoms with E-state index in [1.54, 1.807) is 0 Å². The molecule has 0 saturated heterocycles. The first-order valence-electron chi connectivity index (χ1n) is 49.4. The van der Waals surface area contributed by atoms with Crippen molar-refractivity contribution in [1.29, 1.82) is 0 Å². The first-order valence-corrected chi connectivity index (χ1v) is 52.4. The van der Waals surface area contributed by atoms with E-state index < -0.39 is 91.5 Å². The van der Waals surface area contributed by atoms with Crippen LogP contribution in [0.4, 0.5) is 0 Å². The second-order valence-electron chi connectivity index (χ2n) is 32.8. The molecular formula is C105H180O16P2. The van der Waals surface area contributed by atoms with Crippen LogP contribution in [0, 0.1) is 0 Å². The van der Waals surface area contributed by atoms with Gasteiger partial charge in [-0.15, -0.1) is 0 Å². The molecule has 0 aliphatic heterocycles. The number of carbonyl (C=O) groups is 3. The molecule has 706 valence electrons. The highest BCUT2D eigenvalue weighted by Crippen LogP contribution is 2.45. The predicted octanol–water partition coefficient (Wildman–Crippen LogP) is 31.0. The van der Waals surface area contributed by atoms with Crippen LogP contribution in [0.15, 0.2) is 170 Å². The van der Waals surface area contributed by atoms with Gasteiger partial charge in [0.15, 0.2) is 6.10 Å². The zero-order valence-electron chi connectivity index (χ0n) is 78.1. The maximum atomic E-state index is 13.1. The van der Waals surface area contributed by atoms with Crippen LogP contribution in [0.5, 0.6) is 0 Å². The minimum atomic E-state index is -4.95. The Bertz CT molecular complexity index is 2920. The lowest BCUT2D eigenvalue weighted by Crippen LogP contribution is -2.30. The molecule has 0 bridgehead atoms. The number of ether oxygens (including phenoxy) is 3. The third kappa shape index (κ3) is 97.4. The third-order valence-corrected chi connectivity index (χ3v) is 22.8. The molecule has 0 heterocycles. The van der Waals surface area contributed by atoms with E-state index >= 15 is 0 Å². The summed E-state index contributed by atoms with van der Waals surface area (Å²) in [5.74, 6) is -1.59. The molecule has 4 N–H and O–H groups in total. The van der Waals surface area contributed by atoms with Crippen LogP contribution in [0.2, 0.25) is 0 Å². The van der Waals surface area contributed by atoms with Crippen LogP contribution in [-0.2, 0) is 55.8 Å². The van der Waals surface area contributed by atoms with Crippen molar-refractivity contribution < 1.29 is 75.8 Å². The van der Waals surface area contributed by atoms with E-state index in [1.807, 2.05) is 0 Å². The number of aliphatic hydroxyl groups is 2. The number of carbonyl (C=O) groups excluding carboxylic acids is 3. The normalized spacial score (nSPS) is 14.4. The summed E-state index contributed by atoms with van der Waals surface area (Å²) in [6.07, 6.45) is 126. The van der Waals surface area contributed by atoms with Gasteiger partial charge in [0.2, 0.25) is 0 Å². The summed E-state index contributed by atoms with van der Waals surface area (Å²) in [5, 5.41) is 20.8. The molecule has 0 aromatic rings. The van der Waals surface area contributed by atoms with Gasteiger partial charge in [-0.1, -0.05) is 422 Å². The summed E-state index contributed by atoms with van der Waals surface area (Å²) in [6.45, 7) is 2.37. The van der Waals surface area contributed by atoms with Gasteiger partial charge in [0.1, 0.15) is 25.4 Å². The molecule has 0 spiro atoms. The van der Waals surface area contributed by atoms with Crippen molar-refractivity contribution in [2.24, 2.45) is 0 Å². The Morgan fingerprint density at radius 2 is 0.407 bits per heavy atom. The zero-order chi connectivity index (χ0) is 89.3. The van der Waals surface area contributed by atoms with Crippen LogP contribution >= 0.6 is 15.6 Å². The molecule has 0 rings (SSSR count). The van der Waals surface area contributed by atoms with E-state index in [9.17, 15) is 43.5 Å². The lowest BCUT2D eigenvalue weighted by molar-refractivity contribution is -0.161. The van der Waals surface area contributed by atoms with Crippen LogP contribution in [0.3, 0.4) is 0 Å². The summed E-state index contributed by atoms with van der Waals surface area (Å²) in [7, 11) is -9.82. The molecule has 16 nitrogen and oxygen atoms in total. The van der Waals surface area contributed by atoms with Crippen LogP contribution in [-0.4, -0.2) is 95.9 Å². The largest absolute Gasteiger partial charge is 0.472 e. The SMILES string of the molecule is CC/C=C\C/C=C\C/C=C\C/C=C\C/C=C\CCCCCCCCCCCCCCCCCCCCCC(=O)OCC(O)COP(=O)(O)OCC(O)COP(=O)(O)OCC(COC(=O)CCCCCCCCCCCCCCCCCCCCC/C=C\C/C=C\C/C=C\C/C=C\C/C=C\CC)OC(=O)CCCCCC/C=C\C/C=C\C/C=C\C/C=C\CC. The molecule has 18 heteroatoms. The molecule has 0 aromatic carbocycles. The number of phosphoric acid groups is 2. The Hall–Kier alpha value is -5.09. The van der Waals surface area contributed by atoms with Crippen LogP contribution in [0.1, 0.15) is 419 Å². The molecule has 5 atom stereocenters. The minimum Gasteiger partial charge on any atom is -0.463 e. The number of unbranched alkanes of at least 4 members (excludes halogenated alkanes) is 42. The van der Waals surface area contributed by atoms with E-state index in [2.05, 4.69) is 191 Å². The van der Waals surface area contributed by atoms with Gasteiger partial charge in [0.25, 0.3) is 0 Å². The van der Waals surface area contributed by atoms with Crippen molar-refractivity contribution in [3.05, 3.63) is 170 Å².